The van der Waals surface area contributed by atoms with Crippen molar-refractivity contribution in [2.24, 2.45) is 0 Å². The van der Waals surface area contributed by atoms with Gasteiger partial charge in [-0.1, -0.05) is 6.08 Å². The second-order valence-electron chi connectivity index (χ2n) is 3.77. The van der Waals surface area contributed by atoms with Gasteiger partial charge in [0.05, 0.1) is 11.1 Å². The van der Waals surface area contributed by atoms with Gasteiger partial charge in [0, 0.05) is 13.5 Å². The van der Waals surface area contributed by atoms with Gasteiger partial charge in [0.2, 0.25) is 5.91 Å². The summed E-state index contributed by atoms with van der Waals surface area (Å²) < 4.78 is 0. The van der Waals surface area contributed by atoms with Crippen LogP contribution in [0.4, 0.5) is 5.82 Å². The lowest BCUT2D eigenvalue weighted by molar-refractivity contribution is -0.118. The van der Waals surface area contributed by atoms with Gasteiger partial charge in [-0.05, 0) is 12.5 Å². The van der Waals surface area contributed by atoms with Gasteiger partial charge in [0.25, 0.3) is 0 Å². The van der Waals surface area contributed by atoms with Gasteiger partial charge in [0.15, 0.2) is 5.65 Å². The van der Waals surface area contributed by atoms with Gasteiger partial charge in [-0.25, -0.2) is 9.97 Å². The van der Waals surface area contributed by atoms with Gasteiger partial charge in [-0.3, -0.25) is 9.89 Å². The molecule has 0 saturated carbocycles. The number of hydrogen-bond donors (Lipinski definition) is 3. The summed E-state index contributed by atoms with van der Waals surface area (Å²) in [6.07, 6.45) is 5.89. The number of carbonyl (C=O) groups excluding carboxylic acids is 1. The molecule has 0 bridgehead atoms. The van der Waals surface area contributed by atoms with Crippen molar-refractivity contribution in [3.05, 3.63) is 18.1 Å². The second-order valence-corrected chi connectivity index (χ2v) is 3.77. The van der Waals surface area contributed by atoms with Crippen molar-refractivity contribution in [1.29, 1.82) is 0 Å². The van der Waals surface area contributed by atoms with Crippen molar-refractivity contribution < 1.29 is 4.79 Å². The molecule has 0 aliphatic heterocycles. The zero-order valence-electron chi connectivity index (χ0n) is 9.97. The SMILES string of the molecule is CC(=O)NCCC=Cc1[nH]nc2ncnc(N)c12. The Hall–Kier alpha value is -2.44. The highest BCUT2D eigenvalue weighted by Crippen LogP contribution is 2.19. The molecule has 7 nitrogen and oxygen atoms in total. The predicted molar refractivity (Wildman–Crippen MR) is 68.4 cm³/mol. The summed E-state index contributed by atoms with van der Waals surface area (Å²) >= 11 is 0. The highest BCUT2D eigenvalue weighted by Gasteiger charge is 2.07. The molecule has 2 aromatic rings. The van der Waals surface area contributed by atoms with Crippen molar-refractivity contribution in [2.75, 3.05) is 12.3 Å². The zero-order chi connectivity index (χ0) is 13.0. The Morgan fingerprint density at radius 3 is 3.17 bits per heavy atom. The minimum atomic E-state index is -0.0342. The molecule has 0 atom stereocenters. The number of nitrogens with two attached hydrogens (primary N) is 1. The molecule has 1 amide bonds. The minimum absolute atomic E-state index is 0.0342. The van der Waals surface area contributed by atoms with Crippen LogP contribution in [0.15, 0.2) is 12.4 Å². The van der Waals surface area contributed by atoms with Crippen LogP contribution in [-0.4, -0.2) is 32.6 Å². The van der Waals surface area contributed by atoms with Crippen LogP contribution in [0.2, 0.25) is 0 Å². The fourth-order valence-electron chi connectivity index (χ4n) is 1.55. The first-order valence-corrected chi connectivity index (χ1v) is 5.54. The standard InChI is InChI=1S/C11H14N6O/c1-7(18)13-5-3-2-4-8-9-10(12)14-6-15-11(9)17-16-8/h2,4,6H,3,5H2,1H3,(H,13,18)(H3,12,14,15,16,17). The van der Waals surface area contributed by atoms with Crippen LogP contribution in [-0.2, 0) is 4.79 Å². The Labute approximate surface area is 104 Å². The molecule has 0 radical (unpaired) electrons. The number of aromatic amines is 1. The lowest BCUT2D eigenvalue weighted by Gasteiger charge is -1.97. The molecule has 0 aliphatic rings. The summed E-state index contributed by atoms with van der Waals surface area (Å²) in [6, 6.07) is 0. The van der Waals surface area contributed by atoms with Crippen LogP contribution < -0.4 is 11.1 Å². The normalized spacial score (nSPS) is 11.2. The Morgan fingerprint density at radius 1 is 1.56 bits per heavy atom. The van der Waals surface area contributed by atoms with Crippen LogP contribution >= 0.6 is 0 Å². The van der Waals surface area contributed by atoms with Crippen LogP contribution in [0.5, 0.6) is 0 Å². The number of carbonyl (C=O) groups is 1. The summed E-state index contributed by atoms with van der Waals surface area (Å²) in [5, 5.41) is 10.3. The molecule has 94 valence electrons. The fraction of sp³-hybridized carbons (Fsp3) is 0.273. The maximum atomic E-state index is 10.7. The number of hydrogen-bond acceptors (Lipinski definition) is 5. The third kappa shape index (κ3) is 2.62. The van der Waals surface area contributed by atoms with E-state index in [4.69, 9.17) is 5.73 Å². The van der Waals surface area contributed by atoms with Crippen LogP contribution in [0.25, 0.3) is 17.1 Å². The number of aromatic nitrogens is 4. The first kappa shape index (κ1) is 12.0. The van der Waals surface area contributed by atoms with E-state index in [9.17, 15) is 4.79 Å². The Bertz CT molecular complexity index is 588. The second kappa shape index (κ2) is 5.26. The van der Waals surface area contributed by atoms with E-state index >= 15 is 0 Å². The zero-order valence-corrected chi connectivity index (χ0v) is 9.97. The molecule has 7 heteroatoms. The van der Waals surface area contributed by atoms with Crippen molar-refractivity contribution in [2.45, 2.75) is 13.3 Å². The van der Waals surface area contributed by atoms with E-state index < -0.39 is 0 Å². The number of fused-ring (bicyclic) bond motifs is 1. The highest BCUT2D eigenvalue weighted by atomic mass is 16.1. The maximum Gasteiger partial charge on any atom is 0.216 e. The van der Waals surface area contributed by atoms with Gasteiger partial charge < -0.3 is 11.1 Å². The molecule has 0 saturated heterocycles. The molecule has 2 rings (SSSR count). The topological polar surface area (TPSA) is 110 Å². The monoisotopic (exact) mass is 246 g/mol. The van der Waals surface area contributed by atoms with Gasteiger partial charge in [0.1, 0.15) is 12.1 Å². The smallest absolute Gasteiger partial charge is 0.216 e. The summed E-state index contributed by atoms with van der Waals surface area (Å²) in [4.78, 5) is 18.6. The summed E-state index contributed by atoms with van der Waals surface area (Å²) in [5.74, 6) is 0.364. The predicted octanol–water partition coefficient (Wildman–Crippen LogP) is 0.474. The van der Waals surface area contributed by atoms with Crippen molar-refractivity contribution in [3.8, 4) is 0 Å². The first-order valence-electron chi connectivity index (χ1n) is 5.54. The Morgan fingerprint density at radius 2 is 2.39 bits per heavy atom. The molecular weight excluding hydrogens is 232 g/mol. The molecule has 18 heavy (non-hydrogen) atoms. The molecular formula is C11H14N6O. The lowest BCUT2D eigenvalue weighted by Crippen LogP contribution is -2.20. The van der Waals surface area contributed by atoms with E-state index in [1.54, 1.807) is 0 Å². The van der Waals surface area contributed by atoms with Gasteiger partial charge in [-0.15, -0.1) is 0 Å². The molecule has 2 aromatic heterocycles. The van der Waals surface area contributed by atoms with Gasteiger partial charge >= 0.3 is 0 Å². The van der Waals surface area contributed by atoms with Crippen molar-refractivity contribution >= 4 is 28.8 Å². The summed E-state index contributed by atoms with van der Waals surface area (Å²) in [7, 11) is 0. The van der Waals surface area contributed by atoms with E-state index in [1.165, 1.54) is 13.3 Å². The Kier molecular flexibility index (Phi) is 3.52. The molecule has 0 aromatic carbocycles. The first-order chi connectivity index (χ1) is 8.68. The minimum Gasteiger partial charge on any atom is -0.383 e. The molecule has 2 heterocycles. The van der Waals surface area contributed by atoms with E-state index in [1.807, 2.05) is 12.2 Å². The summed E-state index contributed by atoms with van der Waals surface area (Å²) in [6.45, 7) is 2.09. The van der Waals surface area contributed by atoms with Crippen molar-refractivity contribution in [3.63, 3.8) is 0 Å². The van der Waals surface area contributed by atoms with Crippen molar-refractivity contribution in [1.82, 2.24) is 25.5 Å². The molecule has 0 spiro atoms. The molecule has 4 N–H and O–H groups in total. The van der Waals surface area contributed by atoms with Crippen LogP contribution in [0.3, 0.4) is 0 Å². The van der Waals surface area contributed by atoms with E-state index in [2.05, 4.69) is 25.5 Å². The highest BCUT2D eigenvalue weighted by molar-refractivity contribution is 5.92. The van der Waals surface area contributed by atoms with E-state index in [0.717, 1.165) is 12.1 Å². The number of anilines is 1. The van der Waals surface area contributed by atoms with Gasteiger partial charge in [-0.2, -0.15) is 5.10 Å². The quantitative estimate of drug-likeness (QED) is 0.679. The molecule has 0 aliphatic carbocycles. The fourth-order valence-corrected chi connectivity index (χ4v) is 1.55. The maximum absolute atomic E-state index is 10.7. The largest absolute Gasteiger partial charge is 0.383 e. The summed E-state index contributed by atoms with van der Waals surface area (Å²) in [5.41, 5.74) is 7.08. The number of nitrogen functional groups attached to an aromatic ring is 1. The lowest BCUT2D eigenvalue weighted by atomic mass is 10.2. The number of amides is 1. The molecule has 0 unspecified atom stereocenters. The number of rotatable bonds is 4. The van der Waals surface area contributed by atoms with Crippen LogP contribution in [0, 0.1) is 0 Å². The number of H-pyrrole nitrogens is 1. The number of nitrogens with zero attached hydrogens (tertiary/aromatic N) is 3. The molecule has 0 fully saturated rings. The third-order valence-electron chi connectivity index (χ3n) is 2.38. The van der Waals surface area contributed by atoms with Crippen LogP contribution in [0.1, 0.15) is 19.0 Å². The number of nitrogens with one attached hydrogen (secondary N) is 2. The van der Waals surface area contributed by atoms with E-state index in [0.29, 0.717) is 23.4 Å². The average Bonchev–Trinajstić information content (AvgIpc) is 2.73. The average molecular weight is 246 g/mol. The third-order valence-corrected chi connectivity index (χ3v) is 2.38. The Balaban J connectivity index is 2.08. The van der Waals surface area contributed by atoms with E-state index in [-0.39, 0.29) is 5.91 Å².